The van der Waals surface area contributed by atoms with Gasteiger partial charge in [-0.2, -0.15) is 0 Å². The van der Waals surface area contributed by atoms with Crippen molar-refractivity contribution in [1.82, 2.24) is 26.6 Å². The standard InChI is InChI=1S/C47H77N9O8/c48-24-14-13-20-40(50)46(61)55-29-27-53-44(59)37-32-38(45(60)54-28-30-56-47(62)41(51)21-17-25-49)34-39(33-37)63-31-16-8-15-26-52-42(57)22-11-5-3-1-2-4-6-12-23-43(58)64-35-36-18-9-7-10-19-36/h7,9-10,18-19,32-34,40-41H,1-6,8,11-17,20-31,35,48-51H2,(H,52,57)(H,53,59)(H,54,60)(H,55,61)(H,56,62)/t40-,41-/m0/s1. The summed E-state index contributed by atoms with van der Waals surface area (Å²) in [4.78, 5) is 75.1. The van der Waals surface area contributed by atoms with E-state index in [9.17, 15) is 28.8 Å². The largest absolute Gasteiger partial charge is 0.494 e. The number of esters is 1. The van der Waals surface area contributed by atoms with E-state index >= 15 is 0 Å². The number of carbonyl (C=O) groups excluding carboxylic acids is 6. The van der Waals surface area contributed by atoms with Gasteiger partial charge in [-0.15, -0.1) is 0 Å². The number of unbranched alkanes of at least 4 members (excludes halogenated alkanes) is 10. The first kappa shape index (κ1) is 55.0. The van der Waals surface area contributed by atoms with Crippen LogP contribution in [0.4, 0.5) is 0 Å². The second kappa shape index (κ2) is 35.3. The van der Waals surface area contributed by atoms with Crippen LogP contribution in [0.3, 0.4) is 0 Å². The first-order chi connectivity index (χ1) is 31.0. The number of rotatable bonds is 37. The van der Waals surface area contributed by atoms with Crippen molar-refractivity contribution in [2.75, 3.05) is 52.4 Å². The molecular weight excluding hydrogens is 819 g/mol. The van der Waals surface area contributed by atoms with Crippen molar-refractivity contribution in [2.45, 2.75) is 134 Å². The molecule has 0 saturated heterocycles. The highest BCUT2D eigenvalue weighted by Crippen LogP contribution is 2.19. The van der Waals surface area contributed by atoms with Crippen molar-refractivity contribution in [3.63, 3.8) is 0 Å². The highest BCUT2D eigenvalue weighted by atomic mass is 16.5. The molecule has 2 aromatic rings. The van der Waals surface area contributed by atoms with Gasteiger partial charge >= 0.3 is 5.97 Å². The van der Waals surface area contributed by atoms with Crippen molar-refractivity contribution >= 4 is 35.5 Å². The van der Waals surface area contributed by atoms with Gasteiger partial charge in [-0.3, -0.25) is 28.8 Å². The molecule has 0 fully saturated rings. The molecule has 17 nitrogen and oxygen atoms in total. The minimum atomic E-state index is -0.684. The number of ether oxygens (including phenoxy) is 2. The second-order valence-corrected chi connectivity index (χ2v) is 16.0. The van der Waals surface area contributed by atoms with Crippen LogP contribution in [-0.2, 0) is 30.5 Å². The van der Waals surface area contributed by atoms with Crippen LogP contribution in [0.2, 0.25) is 0 Å². The molecule has 0 aliphatic carbocycles. The number of carbonyl (C=O) groups is 6. The van der Waals surface area contributed by atoms with Gasteiger partial charge in [-0.25, -0.2) is 0 Å². The van der Waals surface area contributed by atoms with Gasteiger partial charge in [0.05, 0.1) is 18.7 Å². The Morgan fingerprint density at radius 3 is 1.61 bits per heavy atom. The summed E-state index contributed by atoms with van der Waals surface area (Å²) in [5.41, 5.74) is 24.2. The summed E-state index contributed by atoms with van der Waals surface area (Å²) >= 11 is 0. The van der Waals surface area contributed by atoms with Crippen LogP contribution in [0.1, 0.15) is 142 Å². The van der Waals surface area contributed by atoms with E-state index in [-0.39, 0.29) is 61.0 Å². The average Bonchev–Trinajstić information content (AvgIpc) is 3.30. The number of hydrogen-bond donors (Lipinski definition) is 9. The Morgan fingerprint density at radius 1 is 0.516 bits per heavy atom. The number of amides is 5. The van der Waals surface area contributed by atoms with Crippen LogP contribution in [0, 0.1) is 0 Å². The molecule has 358 valence electrons. The summed E-state index contributed by atoms with van der Waals surface area (Å²) in [6, 6.07) is 12.9. The topological polar surface area (TPSA) is 285 Å². The van der Waals surface area contributed by atoms with Crippen molar-refractivity contribution in [3.8, 4) is 5.75 Å². The zero-order valence-electron chi connectivity index (χ0n) is 37.9. The first-order valence-electron chi connectivity index (χ1n) is 23.3. The predicted octanol–water partition coefficient (Wildman–Crippen LogP) is 3.21. The van der Waals surface area contributed by atoms with E-state index in [4.69, 9.17) is 32.4 Å². The van der Waals surface area contributed by atoms with E-state index in [0.717, 1.165) is 82.6 Å². The van der Waals surface area contributed by atoms with Crippen LogP contribution in [0.15, 0.2) is 48.5 Å². The summed E-state index contributed by atoms with van der Waals surface area (Å²) in [6.45, 7) is 2.78. The summed E-state index contributed by atoms with van der Waals surface area (Å²) in [5, 5.41) is 13.9. The average molecular weight is 896 g/mol. The number of nitrogens with one attached hydrogen (secondary N) is 5. The smallest absolute Gasteiger partial charge is 0.306 e. The van der Waals surface area contributed by atoms with Gasteiger partial charge in [0, 0.05) is 56.7 Å². The molecule has 2 rings (SSSR count). The third-order valence-corrected chi connectivity index (χ3v) is 10.4. The van der Waals surface area contributed by atoms with E-state index in [2.05, 4.69) is 26.6 Å². The monoisotopic (exact) mass is 896 g/mol. The Bertz CT molecular complexity index is 1650. The molecule has 0 bridgehead atoms. The first-order valence-corrected chi connectivity index (χ1v) is 23.3. The normalized spacial score (nSPS) is 11.8. The number of nitrogens with two attached hydrogens (primary N) is 4. The maximum Gasteiger partial charge on any atom is 0.306 e. The van der Waals surface area contributed by atoms with E-state index in [0.29, 0.717) is 77.1 Å². The summed E-state index contributed by atoms with van der Waals surface area (Å²) in [5.74, 6) is -1.33. The molecule has 64 heavy (non-hydrogen) atoms. The minimum Gasteiger partial charge on any atom is -0.494 e. The van der Waals surface area contributed by atoms with Gasteiger partial charge in [-0.1, -0.05) is 75.3 Å². The fraction of sp³-hybridized carbons (Fsp3) is 0.617. The minimum absolute atomic E-state index is 0.0500. The molecule has 0 aliphatic rings. The van der Waals surface area contributed by atoms with E-state index in [1.807, 2.05) is 30.3 Å². The Labute approximate surface area is 380 Å². The maximum absolute atomic E-state index is 13.2. The number of benzene rings is 2. The van der Waals surface area contributed by atoms with Crippen molar-refractivity contribution in [3.05, 3.63) is 65.2 Å². The Hall–Kier alpha value is -5.10. The zero-order valence-corrected chi connectivity index (χ0v) is 37.9. The molecule has 5 amide bonds. The molecular formula is C47H77N9O8. The second-order valence-electron chi connectivity index (χ2n) is 16.0. The van der Waals surface area contributed by atoms with Crippen LogP contribution in [-0.4, -0.2) is 100 Å². The van der Waals surface area contributed by atoms with Crippen molar-refractivity contribution in [2.24, 2.45) is 22.9 Å². The third-order valence-electron chi connectivity index (χ3n) is 10.4. The van der Waals surface area contributed by atoms with Gasteiger partial charge < -0.3 is 59.0 Å². The lowest BCUT2D eigenvalue weighted by atomic mass is 10.1. The molecule has 0 spiro atoms. The SMILES string of the molecule is NCCCC[C@H](N)C(=O)NCCNC(=O)c1cc(OCCCCCNC(=O)CCCCCCCCCCC(=O)OCc2ccccc2)cc(C(=O)NCCNC(=O)[C@@H](N)CCCN)c1. The van der Waals surface area contributed by atoms with E-state index in [1.165, 1.54) is 6.07 Å². The van der Waals surface area contributed by atoms with Gasteiger partial charge in [0.2, 0.25) is 17.7 Å². The van der Waals surface area contributed by atoms with Gasteiger partial charge in [0.1, 0.15) is 12.4 Å². The zero-order chi connectivity index (χ0) is 46.6. The predicted molar refractivity (Wildman–Crippen MR) is 249 cm³/mol. The van der Waals surface area contributed by atoms with Gasteiger partial charge in [0.15, 0.2) is 0 Å². The van der Waals surface area contributed by atoms with Crippen LogP contribution in [0.25, 0.3) is 0 Å². The molecule has 0 aliphatic heterocycles. The molecule has 2 aromatic carbocycles. The highest BCUT2D eigenvalue weighted by Gasteiger charge is 2.17. The highest BCUT2D eigenvalue weighted by molar-refractivity contribution is 6.00. The molecule has 0 saturated carbocycles. The Morgan fingerprint density at radius 2 is 1.03 bits per heavy atom. The molecule has 0 unspecified atom stereocenters. The van der Waals surface area contributed by atoms with Crippen LogP contribution in [0.5, 0.6) is 5.75 Å². The fourth-order valence-corrected chi connectivity index (χ4v) is 6.58. The molecule has 17 heteroatoms. The van der Waals surface area contributed by atoms with Crippen LogP contribution < -0.4 is 54.3 Å². The van der Waals surface area contributed by atoms with E-state index in [1.54, 1.807) is 12.1 Å². The van der Waals surface area contributed by atoms with Crippen molar-refractivity contribution in [1.29, 1.82) is 0 Å². The maximum atomic E-state index is 13.2. The summed E-state index contributed by atoms with van der Waals surface area (Å²) < 4.78 is 11.3. The lowest BCUT2D eigenvalue weighted by Crippen LogP contribution is -2.43. The van der Waals surface area contributed by atoms with Crippen molar-refractivity contribution < 1.29 is 38.2 Å². The molecule has 0 radical (unpaired) electrons. The molecule has 2 atom stereocenters. The lowest BCUT2D eigenvalue weighted by Gasteiger charge is -2.14. The fourth-order valence-electron chi connectivity index (χ4n) is 6.58. The molecule has 13 N–H and O–H groups in total. The van der Waals surface area contributed by atoms with Gasteiger partial charge in [-0.05, 0) is 94.6 Å². The molecule has 0 heterocycles. The third kappa shape index (κ3) is 26.5. The Balaban J connectivity index is 1.68. The molecule has 0 aromatic heterocycles. The Kier molecular flexibility index (Phi) is 30.3. The van der Waals surface area contributed by atoms with Gasteiger partial charge in [0.25, 0.3) is 11.8 Å². The summed E-state index contributed by atoms with van der Waals surface area (Å²) in [6.07, 6.45) is 14.5. The number of hydrogen-bond acceptors (Lipinski definition) is 12. The van der Waals surface area contributed by atoms with E-state index < -0.39 is 23.9 Å². The quantitative estimate of drug-likeness (QED) is 0.0349. The lowest BCUT2D eigenvalue weighted by molar-refractivity contribution is -0.145. The van der Waals surface area contributed by atoms with Crippen LogP contribution >= 0.6 is 0 Å². The summed E-state index contributed by atoms with van der Waals surface area (Å²) in [7, 11) is 0.